The van der Waals surface area contributed by atoms with Crippen LogP contribution >= 0.6 is 24.0 Å². The third kappa shape index (κ3) is 5.07. The van der Waals surface area contributed by atoms with Crippen molar-refractivity contribution < 1.29 is 14.3 Å². The first-order valence-corrected chi connectivity index (χ1v) is 7.53. The van der Waals surface area contributed by atoms with Gasteiger partial charge in [-0.05, 0) is 13.0 Å². The van der Waals surface area contributed by atoms with Crippen LogP contribution in [0.5, 0.6) is 0 Å². The first-order valence-electron chi connectivity index (χ1n) is 7.15. The van der Waals surface area contributed by atoms with E-state index in [1.807, 2.05) is 25.1 Å². The lowest BCUT2D eigenvalue weighted by Crippen LogP contribution is -2.51. The second-order valence-electron chi connectivity index (χ2n) is 5.22. The van der Waals surface area contributed by atoms with E-state index in [1.54, 1.807) is 11.0 Å². The fourth-order valence-electron chi connectivity index (χ4n) is 2.38. The number of morpholine rings is 1. The monoisotopic (exact) mass is 361 g/mol. The average Bonchev–Trinajstić information content (AvgIpc) is 2.53. The number of halogens is 2. The molecule has 1 aromatic carbocycles. The summed E-state index contributed by atoms with van der Waals surface area (Å²) >= 11 is 6.19. The Labute approximate surface area is 146 Å². The Morgan fingerprint density at radius 1 is 1.43 bits per heavy atom. The van der Waals surface area contributed by atoms with Crippen LogP contribution in [0.3, 0.4) is 0 Å². The molecular formula is C15H21Cl2N3O3. The van der Waals surface area contributed by atoms with Gasteiger partial charge in [0.25, 0.3) is 0 Å². The molecule has 3 N–H and O–H groups in total. The Kier molecular flexibility index (Phi) is 7.78. The molecular weight excluding hydrogens is 341 g/mol. The van der Waals surface area contributed by atoms with Crippen LogP contribution in [0.4, 0.5) is 0 Å². The zero-order valence-corrected chi connectivity index (χ0v) is 14.4. The maximum Gasteiger partial charge on any atom is 0.242 e. The van der Waals surface area contributed by atoms with Crippen LogP contribution < -0.4 is 11.1 Å². The van der Waals surface area contributed by atoms with Crippen molar-refractivity contribution in [1.29, 1.82) is 0 Å². The summed E-state index contributed by atoms with van der Waals surface area (Å²) in [7, 11) is 0. The number of nitrogens with two attached hydrogens (primary N) is 1. The fourth-order valence-corrected chi connectivity index (χ4v) is 2.63. The number of ether oxygens (including phenoxy) is 1. The highest BCUT2D eigenvalue weighted by Crippen LogP contribution is 2.29. The van der Waals surface area contributed by atoms with Gasteiger partial charge >= 0.3 is 0 Å². The molecule has 0 bridgehead atoms. The molecule has 23 heavy (non-hydrogen) atoms. The van der Waals surface area contributed by atoms with Crippen LogP contribution in [0.25, 0.3) is 0 Å². The summed E-state index contributed by atoms with van der Waals surface area (Å²) in [6.07, 6.45) is -0.265. The van der Waals surface area contributed by atoms with Crippen molar-refractivity contribution in [1.82, 2.24) is 10.2 Å². The highest BCUT2D eigenvalue weighted by Gasteiger charge is 2.31. The SMILES string of the molecule is CC1COC(c2ccccc2Cl)CN1C(=O)CNC(=O)CN.Cl. The summed E-state index contributed by atoms with van der Waals surface area (Å²) < 4.78 is 5.80. The number of carbonyl (C=O) groups excluding carboxylic acids is 2. The van der Waals surface area contributed by atoms with Crippen LogP contribution in [-0.2, 0) is 14.3 Å². The maximum absolute atomic E-state index is 12.3. The minimum atomic E-state index is -0.350. The Bertz CT molecular complexity index is 557. The molecule has 1 fully saturated rings. The molecule has 1 aromatic rings. The number of benzene rings is 1. The van der Waals surface area contributed by atoms with Gasteiger partial charge in [0.15, 0.2) is 0 Å². The lowest BCUT2D eigenvalue weighted by Gasteiger charge is -2.38. The van der Waals surface area contributed by atoms with E-state index in [4.69, 9.17) is 22.1 Å². The van der Waals surface area contributed by atoms with Crippen LogP contribution in [0.15, 0.2) is 24.3 Å². The molecule has 2 atom stereocenters. The minimum Gasteiger partial charge on any atom is -0.369 e. The second-order valence-corrected chi connectivity index (χ2v) is 5.63. The first kappa shape index (κ1) is 19.7. The predicted molar refractivity (Wildman–Crippen MR) is 90.6 cm³/mol. The van der Waals surface area contributed by atoms with Gasteiger partial charge < -0.3 is 20.7 Å². The molecule has 1 aliphatic heterocycles. The van der Waals surface area contributed by atoms with E-state index >= 15 is 0 Å². The van der Waals surface area contributed by atoms with Gasteiger partial charge in [-0.3, -0.25) is 9.59 Å². The van der Waals surface area contributed by atoms with Crippen LogP contribution in [0, 0.1) is 0 Å². The Balaban J connectivity index is 0.00000264. The van der Waals surface area contributed by atoms with Gasteiger partial charge in [0.1, 0.15) is 6.10 Å². The molecule has 0 aliphatic carbocycles. The van der Waals surface area contributed by atoms with Crippen LogP contribution in [0.1, 0.15) is 18.6 Å². The first-order chi connectivity index (χ1) is 10.5. The highest BCUT2D eigenvalue weighted by atomic mass is 35.5. The van der Waals surface area contributed by atoms with Gasteiger partial charge in [-0.1, -0.05) is 29.8 Å². The van der Waals surface area contributed by atoms with E-state index in [2.05, 4.69) is 5.32 Å². The third-order valence-electron chi connectivity index (χ3n) is 3.63. The summed E-state index contributed by atoms with van der Waals surface area (Å²) in [5, 5.41) is 3.11. The third-order valence-corrected chi connectivity index (χ3v) is 3.97. The number of rotatable bonds is 4. The van der Waals surface area contributed by atoms with Gasteiger partial charge in [-0.2, -0.15) is 0 Å². The van der Waals surface area contributed by atoms with Gasteiger partial charge in [0.2, 0.25) is 11.8 Å². The summed E-state index contributed by atoms with van der Waals surface area (Å²) in [4.78, 5) is 25.1. The van der Waals surface area contributed by atoms with Gasteiger partial charge in [-0.25, -0.2) is 0 Å². The largest absolute Gasteiger partial charge is 0.369 e. The zero-order chi connectivity index (χ0) is 16.1. The van der Waals surface area contributed by atoms with Crippen molar-refractivity contribution in [2.75, 3.05) is 26.2 Å². The number of hydrogen-bond acceptors (Lipinski definition) is 4. The van der Waals surface area contributed by atoms with Crippen molar-refractivity contribution in [2.45, 2.75) is 19.1 Å². The molecule has 2 rings (SSSR count). The molecule has 8 heteroatoms. The lowest BCUT2D eigenvalue weighted by atomic mass is 10.1. The van der Waals surface area contributed by atoms with Crippen LogP contribution in [-0.4, -0.2) is 49.0 Å². The van der Waals surface area contributed by atoms with Crippen molar-refractivity contribution in [3.63, 3.8) is 0 Å². The number of nitrogens with zero attached hydrogens (tertiary/aromatic N) is 1. The zero-order valence-electron chi connectivity index (χ0n) is 12.8. The molecule has 6 nitrogen and oxygen atoms in total. The molecule has 1 heterocycles. The molecule has 128 valence electrons. The fraction of sp³-hybridized carbons (Fsp3) is 0.467. The molecule has 0 saturated carbocycles. The topological polar surface area (TPSA) is 84.7 Å². The van der Waals surface area contributed by atoms with E-state index in [0.717, 1.165) is 5.56 Å². The molecule has 0 radical (unpaired) electrons. The molecule has 1 aliphatic rings. The predicted octanol–water partition coefficient (Wildman–Crippen LogP) is 1.13. The molecule has 2 amide bonds. The van der Waals surface area contributed by atoms with Crippen molar-refractivity contribution in [2.24, 2.45) is 5.73 Å². The Hall–Kier alpha value is -1.34. The quantitative estimate of drug-likeness (QED) is 0.841. The average molecular weight is 362 g/mol. The molecule has 0 spiro atoms. The van der Waals surface area contributed by atoms with Gasteiger partial charge in [0.05, 0.1) is 32.3 Å². The minimum absolute atomic E-state index is 0. The Morgan fingerprint density at radius 2 is 2.13 bits per heavy atom. The van der Waals surface area contributed by atoms with Crippen molar-refractivity contribution in [3.8, 4) is 0 Å². The lowest BCUT2D eigenvalue weighted by molar-refractivity contribution is -0.144. The van der Waals surface area contributed by atoms with E-state index < -0.39 is 0 Å². The standard InChI is InChI=1S/C15H20ClN3O3.ClH/c1-10-9-22-13(11-4-2-3-5-12(11)16)8-19(10)15(21)7-18-14(20)6-17;/h2-5,10,13H,6-9,17H2,1H3,(H,18,20);1H. The molecule has 2 unspecified atom stereocenters. The van der Waals surface area contributed by atoms with E-state index in [9.17, 15) is 9.59 Å². The summed E-state index contributed by atoms with van der Waals surface area (Å²) in [5.74, 6) is -0.508. The van der Waals surface area contributed by atoms with Crippen molar-refractivity contribution in [3.05, 3.63) is 34.9 Å². The van der Waals surface area contributed by atoms with E-state index in [1.165, 1.54) is 0 Å². The van der Waals surface area contributed by atoms with Gasteiger partial charge in [-0.15, -0.1) is 12.4 Å². The summed E-state index contributed by atoms with van der Waals surface area (Å²) in [6.45, 7) is 2.55. The van der Waals surface area contributed by atoms with Crippen molar-refractivity contribution >= 4 is 35.8 Å². The smallest absolute Gasteiger partial charge is 0.242 e. The summed E-state index contributed by atoms with van der Waals surface area (Å²) in [6, 6.07) is 7.37. The number of nitrogens with one attached hydrogen (secondary N) is 1. The molecule has 0 aromatic heterocycles. The van der Waals surface area contributed by atoms with Gasteiger partial charge in [0, 0.05) is 10.6 Å². The summed E-state index contributed by atoms with van der Waals surface area (Å²) in [5.41, 5.74) is 6.07. The van der Waals surface area contributed by atoms with Crippen LogP contribution in [0.2, 0.25) is 5.02 Å². The second kappa shape index (κ2) is 9.08. The normalized spacial score (nSPS) is 20.6. The number of carbonyl (C=O) groups is 2. The maximum atomic E-state index is 12.3. The number of amides is 2. The number of hydrogen-bond donors (Lipinski definition) is 2. The Morgan fingerprint density at radius 3 is 2.78 bits per heavy atom. The highest BCUT2D eigenvalue weighted by molar-refractivity contribution is 6.31. The van der Waals surface area contributed by atoms with E-state index in [-0.39, 0.29) is 49.5 Å². The molecule has 1 saturated heterocycles. The van der Waals surface area contributed by atoms with E-state index in [0.29, 0.717) is 18.2 Å².